The lowest BCUT2D eigenvalue weighted by Gasteiger charge is -2.32. The average molecular weight is 178 g/mol. The Balaban J connectivity index is 1.91. The molecule has 3 nitrogen and oxygen atoms in total. The van der Waals surface area contributed by atoms with Gasteiger partial charge in [0.2, 0.25) is 5.88 Å². The van der Waals surface area contributed by atoms with Crippen molar-refractivity contribution in [1.82, 2.24) is 4.98 Å². The lowest BCUT2D eigenvalue weighted by molar-refractivity contribution is 0.0958. The van der Waals surface area contributed by atoms with Gasteiger partial charge in [-0.05, 0) is 25.3 Å². The number of hydrogen-bond acceptors (Lipinski definition) is 3. The summed E-state index contributed by atoms with van der Waals surface area (Å²) in [5.41, 5.74) is 6.80. The number of nitrogens with two attached hydrogens (primary N) is 1. The molecule has 2 rings (SSSR count). The van der Waals surface area contributed by atoms with E-state index in [1.54, 1.807) is 0 Å². The monoisotopic (exact) mass is 178 g/mol. The van der Waals surface area contributed by atoms with Crippen molar-refractivity contribution in [2.75, 3.05) is 0 Å². The predicted molar refractivity (Wildman–Crippen MR) is 50.6 cm³/mol. The molecule has 1 aliphatic rings. The number of aromatic nitrogens is 1. The molecule has 0 unspecified atom stereocenters. The molecule has 0 bridgehead atoms. The first-order valence-corrected chi connectivity index (χ1v) is 4.59. The smallest absolute Gasteiger partial charge is 0.213 e. The van der Waals surface area contributed by atoms with E-state index in [9.17, 15) is 0 Å². The van der Waals surface area contributed by atoms with Crippen molar-refractivity contribution in [2.45, 2.75) is 31.9 Å². The Morgan fingerprint density at radius 2 is 2.23 bits per heavy atom. The molecule has 1 fully saturated rings. The lowest BCUT2D eigenvalue weighted by Crippen LogP contribution is -2.43. The third-order valence-electron chi connectivity index (χ3n) is 2.30. The lowest BCUT2D eigenvalue weighted by atomic mass is 9.90. The van der Waals surface area contributed by atoms with Gasteiger partial charge >= 0.3 is 0 Å². The Bertz CT molecular complexity index is 277. The molecule has 1 aromatic heterocycles. The van der Waals surface area contributed by atoms with Crippen LogP contribution in [-0.4, -0.2) is 17.1 Å². The first-order valence-electron chi connectivity index (χ1n) is 4.59. The quantitative estimate of drug-likeness (QED) is 0.741. The van der Waals surface area contributed by atoms with Gasteiger partial charge in [0.1, 0.15) is 6.10 Å². The molecule has 0 atom stereocenters. The third-order valence-corrected chi connectivity index (χ3v) is 2.30. The van der Waals surface area contributed by atoms with Crippen LogP contribution in [0.5, 0.6) is 5.88 Å². The number of pyridine rings is 1. The Morgan fingerprint density at radius 3 is 2.77 bits per heavy atom. The van der Waals surface area contributed by atoms with Crippen LogP contribution in [-0.2, 0) is 0 Å². The highest BCUT2D eigenvalue weighted by molar-refractivity contribution is 5.16. The molecule has 1 aromatic rings. The van der Waals surface area contributed by atoms with Crippen LogP contribution in [0.3, 0.4) is 0 Å². The van der Waals surface area contributed by atoms with E-state index in [0.29, 0.717) is 11.9 Å². The molecule has 0 aromatic carbocycles. The van der Waals surface area contributed by atoms with Crippen LogP contribution in [0.4, 0.5) is 0 Å². The van der Waals surface area contributed by atoms with E-state index >= 15 is 0 Å². The van der Waals surface area contributed by atoms with Gasteiger partial charge in [-0.25, -0.2) is 4.98 Å². The van der Waals surface area contributed by atoms with Gasteiger partial charge in [0.25, 0.3) is 0 Å². The second kappa shape index (κ2) is 3.34. The second-order valence-electron chi connectivity index (χ2n) is 3.65. The fraction of sp³-hybridized carbons (Fsp3) is 0.500. The van der Waals surface area contributed by atoms with Crippen molar-refractivity contribution in [1.29, 1.82) is 0 Å². The Labute approximate surface area is 77.9 Å². The normalized spacial score (nSPS) is 26.6. The molecule has 1 saturated carbocycles. The van der Waals surface area contributed by atoms with Crippen LogP contribution in [0.25, 0.3) is 0 Å². The second-order valence-corrected chi connectivity index (χ2v) is 3.65. The molecule has 3 heteroatoms. The summed E-state index contributed by atoms with van der Waals surface area (Å²) in [4.78, 5) is 4.16. The zero-order valence-corrected chi connectivity index (χ0v) is 7.73. The summed E-state index contributed by atoms with van der Waals surface area (Å²) in [6.45, 7) is 2.01. The topological polar surface area (TPSA) is 48.1 Å². The van der Waals surface area contributed by atoms with Gasteiger partial charge in [0, 0.05) is 18.3 Å². The Kier molecular flexibility index (Phi) is 2.19. The number of nitrogens with zero attached hydrogens (tertiary/aromatic N) is 1. The molecule has 0 radical (unpaired) electrons. The SMILES string of the molecule is Cc1ccc(OC2CC(N)C2)nc1. The zero-order valence-electron chi connectivity index (χ0n) is 7.73. The van der Waals surface area contributed by atoms with Gasteiger partial charge in [-0.1, -0.05) is 6.07 Å². The predicted octanol–water partition coefficient (Wildman–Crippen LogP) is 1.26. The Morgan fingerprint density at radius 1 is 1.46 bits per heavy atom. The molecule has 13 heavy (non-hydrogen) atoms. The van der Waals surface area contributed by atoms with E-state index in [1.165, 1.54) is 0 Å². The average Bonchev–Trinajstić information content (AvgIpc) is 2.06. The van der Waals surface area contributed by atoms with Crippen molar-refractivity contribution >= 4 is 0 Å². The van der Waals surface area contributed by atoms with Crippen LogP contribution < -0.4 is 10.5 Å². The van der Waals surface area contributed by atoms with Crippen LogP contribution >= 0.6 is 0 Å². The van der Waals surface area contributed by atoms with Gasteiger partial charge in [-0.2, -0.15) is 0 Å². The largest absolute Gasteiger partial charge is 0.474 e. The fourth-order valence-electron chi connectivity index (χ4n) is 1.40. The summed E-state index contributed by atoms with van der Waals surface area (Å²) in [7, 11) is 0. The van der Waals surface area contributed by atoms with Gasteiger partial charge in [-0.3, -0.25) is 0 Å². The van der Waals surface area contributed by atoms with E-state index in [0.717, 1.165) is 18.4 Å². The molecule has 0 amide bonds. The van der Waals surface area contributed by atoms with Crippen LogP contribution in [0, 0.1) is 6.92 Å². The van der Waals surface area contributed by atoms with E-state index in [2.05, 4.69) is 4.98 Å². The van der Waals surface area contributed by atoms with Gasteiger partial charge in [0.05, 0.1) is 0 Å². The first-order chi connectivity index (χ1) is 6.24. The molecule has 0 spiro atoms. The van der Waals surface area contributed by atoms with Crippen molar-refractivity contribution in [3.8, 4) is 5.88 Å². The summed E-state index contributed by atoms with van der Waals surface area (Å²) in [6, 6.07) is 4.23. The van der Waals surface area contributed by atoms with Gasteiger partial charge in [-0.15, -0.1) is 0 Å². The molecule has 1 heterocycles. The molecule has 70 valence electrons. The zero-order chi connectivity index (χ0) is 9.26. The van der Waals surface area contributed by atoms with E-state index in [1.807, 2.05) is 25.3 Å². The van der Waals surface area contributed by atoms with E-state index < -0.39 is 0 Å². The minimum atomic E-state index is 0.283. The van der Waals surface area contributed by atoms with Crippen molar-refractivity contribution in [3.63, 3.8) is 0 Å². The van der Waals surface area contributed by atoms with Gasteiger partial charge in [0.15, 0.2) is 0 Å². The molecular weight excluding hydrogens is 164 g/mol. The fourth-order valence-corrected chi connectivity index (χ4v) is 1.40. The standard InChI is InChI=1S/C10H14N2O/c1-7-2-3-10(12-6-7)13-9-4-8(11)5-9/h2-3,6,8-9H,4-5,11H2,1H3. The summed E-state index contributed by atoms with van der Waals surface area (Å²) in [5.74, 6) is 0.711. The summed E-state index contributed by atoms with van der Waals surface area (Å²) in [6.07, 6.45) is 4.00. The highest BCUT2D eigenvalue weighted by Crippen LogP contribution is 2.23. The van der Waals surface area contributed by atoms with Crippen molar-refractivity contribution in [3.05, 3.63) is 23.9 Å². The molecule has 0 aliphatic heterocycles. The highest BCUT2D eigenvalue weighted by atomic mass is 16.5. The molecular formula is C10H14N2O. The molecule has 1 aliphatic carbocycles. The number of ether oxygens (including phenoxy) is 1. The Hall–Kier alpha value is -1.09. The molecule has 0 saturated heterocycles. The summed E-state index contributed by atoms with van der Waals surface area (Å²) in [5, 5.41) is 0. The van der Waals surface area contributed by atoms with Crippen LogP contribution in [0.1, 0.15) is 18.4 Å². The van der Waals surface area contributed by atoms with Crippen LogP contribution in [0.2, 0.25) is 0 Å². The van der Waals surface area contributed by atoms with Crippen molar-refractivity contribution < 1.29 is 4.74 Å². The maximum atomic E-state index is 5.65. The van der Waals surface area contributed by atoms with Gasteiger partial charge < -0.3 is 10.5 Å². The number of hydrogen-bond donors (Lipinski definition) is 1. The maximum absolute atomic E-state index is 5.65. The molecule has 2 N–H and O–H groups in total. The summed E-state index contributed by atoms with van der Waals surface area (Å²) < 4.78 is 5.58. The van der Waals surface area contributed by atoms with E-state index in [-0.39, 0.29) is 6.10 Å². The highest BCUT2D eigenvalue weighted by Gasteiger charge is 2.27. The van der Waals surface area contributed by atoms with Crippen LogP contribution in [0.15, 0.2) is 18.3 Å². The minimum Gasteiger partial charge on any atom is -0.474 e. The number of rotatable bonds is 2. The minimum absolute atomic E-state index is 0.283. The summed E-state index contributed by atoms with van der Waals surface area (Å²) >= 11 is 0. The number of aryl methyl sites for hydroxylation is 1. The maximum Gasteiger partial charge on any atom is 0.213 e. The third kappa shape index (κ3) is 1.98. The van der Waals surface area contributed by atoms with E-state index in [4.69, 9.17) is 10.5 Å². The van der Waals surface area contributed by atoms with Crippen molar-refractivity contribution in [2.24, 2.45) is 5.73 Å². The first kappa shape index (κ1) is 8.51.